The highest BCUT2D eigenvalue weighted by atomic mass is 127. The van der Waals surface area contributed by atoms with E-state index in [2.05, 4.69) is 0 Å². The highest BCUT2D eigenvalue weighted by Crippen LogP contribution is 2.19. The summed E-state index contributed by atoms with van der Waals surface area (Å²) in [7, 11) is 0. The summed E-state index contributed by atoms with van der Waals surface area (Å²) < 4.78 is 25.5. The predicted octanol–water partition coefficient (Wildman–Crippen LogP) is 4.27. The molecule has 0 bridgehead atoms. The molecular weight excluding hydrogens is 421 g/mol. The fourth-order valence-corrected chi connectivity index (χ4v) is 2.57. The van der Waals surface area contributed by atoms with Crippen molar-refractivity contribution in [2.24, 2.45) is 0 Å². The lowest BCUT2D eigenvalue weighted by Crippen LogP contribution is -2.04. The summed E-state index contributed by atoms with van der Waals surface area (Å²) in [5.74, 6) is -3.19. The minimum atomic E-state index is -1.10. The molecule has 2 rings (SSSR count). The lowest BCUT2D eigenvalue weighted by Gasteiger charge is -2.03. The highest BCUT2D eigenvalue weighted by molar-refractivity contribution is 14.1. The van der Waals surface area contributed by atoms with E-state index in [9.17, 15) is 18.4 Å². The first-order valence-corrected chi connectivity index (χ1v) is 7.40. The van der Waals surface area contributed by atoms with Crippen molar-refractivity contribution in [3.8, 4) is 0 Å². The molecule has 2 aromatic carbocycles. The van der Waals surface area contributed by atoms with Crippen LogP contribution in [0, 0.1) is 29.1 Å². The van der Waals surface area contributed by atoms with Crippen molar-refractivity contribution in [3.05, 3.63) is 67.8 Å². The fraction of sp³-hybridized carbons (Fsp3) is 0.125. The molecule has 0 saturated heterocycles. The number of hydrogen-bond donors (Lipinski definition) is 2. The lowest BCUT2D eigenvalue weighted by molar-refractivity contribution is 0.0684. The lowest BCUT2D eigenvalue weighted by atomic mass is 10.1. The van der Waals surface area contributed by atoms with Gasteiger partial charge in [0.05, 0.1) is 14.7 Å². The van der Waals surface area contributed by atoms with Gasteiger partial charge in [0.25, 0.3) is 0 Å². The van der Waals surface area contributed by atoms with Gasteiger partial charge in [-0.2, -0.15) is 0 Å². The number of aromatic carboxylic acids is 2. The standard InChI is InChI=1S/C8H6FIO2.C8H7FO2/c1-4-2-3-5(9)7(10)6(4)8(11)12;1-5-2-3-6(9)4-7(5)8(10)11/h2-3H,1H3,(H,11,12);2-4H,1H3,(H,10,11). The Morgan fingerprint density at radius 3 is 1.96 bits per heavy atom. The third-order valence-corrected chi connectivity index (χ3v) is 4.00. The zero-order valence-corrected chi connectivity index (χ0v) is 14.4. The molecule has 4 nitrogen and oxygen atoms in total. The average Bonchev–Trinajstić information content (AvgIpc) is 2.46. The van der Waals surface area contributed by atoms with Crippen LogP contribution in [0.3, 0.4) is 0 Å². The van der Waals surface area contributed by atoms with Gasteiger partial charge in [-0.15, -0.1) is 0 Å². The van der Waals surface area contributed by atoms with Crippen LogP contribution in [0.25, 0.3) is 0 Å². The van der Waals surface area contributed by atoms with Gasteiger partial charge in [-0.1, -0.05) is 12.1 Å². The van der Waals surface area contributed by atoms with Crippen molar-refractivity contribution in [1.29, 1.82) is 0 Å². The van der Waals surface area contributed by atoms with E-state index in [0.717, 1.165) is 6.07 Å². The molecule has 7 heteroatoms. The normalized spacial score (nSPS) is 9.78. The summed E-state index contributed by atoms with van der Waals surface area (Å²) in [5, 5.41) is 17.2. The Morgan fingerprint density at radius 2 is 1.52 bits per heavy atom. The Morgan fingerprint density at radius 1 is 0.957 bits per heavy atom. The molecule has 0 amide bonds. The molecule has 23 heavy (non-hydrogen) atoms. The predicted molar refractivity (Wildman–Crippen MR) is 88.9 cm³/mol. The molecule has 0 aromatic heterocycles. The Labute approximate surface area is 144 Å². The van der Waals surface area contributed by atoms with Crippen LogP contribution in [0.4, 0.5) is 8.78 Å². The summed E-state index contributed by atoms with van der Waals surface area (Å²) in [5.41, 5.74) is 1.22. The number of hydrogen-bond acceptors (Lipinski definition) is 2. The molecule has 0 aliphatic heterocycles. The summed E-state index contributed by atoms with van der Waals surface area (Å²) in [6.07, 6.45) is 0. The molecule has 0 atom stereocenters. The zero-order chi connectivity index (χ0) is 17.7. The maximum Gasteiger partial charge on any atom is 0.337 e. The van der Waals surface area contributed by atoms with Crippen molar-refractivity contribution in [3.63, 3.8) is 0 Å². The van der Waals surface area contributed by atoms with Gasteiger partial charge in [-0.25, -0.2) is 18.4 Å². The summed E-state index contributed by atoms with van der Waals surface area (Å²) in [6, 6.07) is 6.42. The van der Waals surface area contributed by atoms with Crippen molar-refractivity contribution in [2.45, 2.75) is 13.8 Å². The topological polar surface area (TPSA) is 74.6 Å². The minimum absolute atomic E-state index is 0.0185. The summed E-state index contributed by atoms with van der Waals surface area (Å²) in [4.78, 5) is 21.0. The number of halogens is 3. The molecule has 0 aliphatic carbocycles. The van der Waals surface area contributed by atoms with Crippen LogP contribution >= 0.6 is 22.6 Å². The number of carboxylic acid groups (broad SMARTS) is 2. The number of benzene rings is 2. The van der Waals surface area contributed by atoms with E-state index in [-0.39, 0.29) is 14.7 Å². The fourth-order valence-electron chi connectivity index (χ4n) is 1.73. The molecule has 0 saturated carbocycles. The van der Waals surface area contributed by atoms with Gasteiger partial charge in [0.2, 0.25) is 0 Å². The minimum Gasteiger partial charge on any atom is -0.478 e. The van der Waals surface area contributed by atoms with Gasteiger partial charge >= 0.3 is 11.9 Å². The largest absolute Gasteiger partial charge is 0.478 e. The van der Waals surface area contributed by atoms with Gasteiger partial charge in [0.15, 0.2) is 0 Å². The molecule has 0 fully saturated rings. The molecular formula is C16H13F2IO4. The number of rotatable bonds is 2. The summed E-state index contributed by atoms with van der Waals surface area (Å²) in [6.45, 7) is 3.27. The third kappa shape index (κ3) is 4.98. The molecule has 0 heterocycles. The monoisotopic (exact) mass is 434 g/mol. The van der Waals surface area contributed by atoms with Gasteiger partial charge in [0.1, 0.15) is 11.6 Å². The highest BCUT2D eigenvalue weighted by Gasteiger charge is 2.14. The number of aryl methyl sites for hydroxylation is 2. The molecule has 0 unspecified atom stereocenters. The molecule has 2 aromatic rings. The van der Waals surface area contributed by atoms with Gasteiger partial charge in [-0.3, -0.25) is 0 Å². The Kier molecular flexibility index (Phi) is 6.62. The first-order valence-electron chi connectivity index (χ1n) is 6.32. The molecule has 0 aliphatic rings. The van der Waals surface area contributed by atoms with Crippen LogP contribution in [0.5, 0.6) is 0 Å². The van der Waals surface area contributed by atoms with Crippen LogP contribution in [-0.4, -0.2) is 22.2 Å². The average molecular weight is 434 g/mol. The summed E-state index contributed by atoms with van der Waals surface area (Å²) >= 11 is 1.69. The maximum absolute atomic E-state index is 12.8. The Balaban J connectivity index is 0.000000231. The van der Waals surface area contributed by atoms with Crippen LogP contribution in [-0.2, 0) is 0 Å². The van der Waals surface area contributed by atoms with E-state index in [1.807, 2.05) is 0 Å². The van der Waals surface area contributed by atoms with Gasteiger partial charge < -0.3 is 10.2 Å². The number of carboxylic acids is 2. The maximum atomic E-state index is 12.8. The van der Waals surface area contributed by atoms with Gasteiger partial charge in [-0.05, 0) is 65.8 Å². The SMILES string of the molecule is Cc1ccc(F)c(I)c1C(=O)O.Cc1ccc(F)cc1C(=O)O. The van der Waals surface area contributed by atoms with Crippen molar-refractivity contribution in [2.75, 3.05) is 0 Å². The van der Waals surface area contributed by atoms with E-state index < -0.39 is 23.6 Å². The second-order valence-electron chi connectivity index (χ2n) is 4.62. The van der Waals surface area contributed by atoms with Crippen LogP contribution in [0.15, 0.2) is 30.3 Å². The number of carbonyl (C=O) groups is 2. The molecule has 0 spiro atoms. The third-order valence-electron chi connectivity index (χ3n) is 2.95. The van der Waals surface area contributed by atoms with E-state index in [1.54, 1.807) is 36.4 Å². The Bertz CT molecular complexity index is 760. The van der Waals surface area contributed by atoms with Crippen LogP contribution < -0.4 is 0 Å². The second-order valence-corrected chi connectivity index (χ2v) is 5.70. The van der Waals surface area contributed by atoms with Gasteiger partial charge in [0, 0.05) is 0 Å². The molecule has 2 N–H and O–H groups in total. The van der Waals surface area contributed by atoms with Crippen molar-refractivity contribution in [1.82, 2.24) is 0 Å². The zero-order valence-electron chi connectivity index (χ0n) is 12.2. The first kappa shape index (κ1) is 19.0. The van der Waals surface area contributed by atoms with Crippen molar-refractivity contribution < 1.29 is 28.6 Å². The van der Waals surface area contributed by atoms with E-state index in [1.165, 1.54) is 24.3 Å². The quantitative estimate of drug-likeness (QED) is 0.693. The van der Waals surface area contributed by atoms with E-state index >= 15 is 0 Å². The van der Waals surface area contributed by atoms with Crippen LogP contribution in [0.1, 0.15) is 31.8 Å². The van der Waals surface area contributed by atoms with E-state index in [0.29, 0.717) is 11.1 Å². The van der Waals surface area contributed by atoms with Crippen molar-refractivity contribution >= 4 is 34.5 Å². The Hall–Kier alpha value is -2.03. The first-order chi connectivity index (χ1) is 10.6. The molecule has 0 radical (unpaired) electrons. The smallest absolute Gasteiger partial charge is 0.337 e. The van der Waals surface area contributed by atoms with Crippen LogP contribution in [0.2, 0.25) is 0 Å². The van der Waals surface area contributed by atoms with E-state index in [4.69, 9.17) is 10.2 Å². The molecule has 122 valence electrons. The second kappa shape index (κ2) is 8.00.